The summed E-state index contributed by atoms with van der Waals surface area (Å²) in [4.78, 5) is 12.2. The number of Topliss-reactive ketones (excluding diaryl/α,β-unsaturated/α-hetero) is 1. The van der Waals surface area contributed by atoms with E-state index in [1.165, 1.54) is 6.07 Å². The normalized spacial score (nSPS) is 16.1. The summed E-state index contributed by atoms with van der Waals surface area (Å²) in [6.07, 6.45) is 6.20. The van der Waals surface area contributed by atoms with Gasteiger partial charge < -0.3 is 0 Å². The van der Waals surface area contributed by atoms with Gasteiger partial charge in [-0.2, -0.15) is 0 Å². The summed E-state index contributed by atoms with van der Waals surface area (Å²) in [7, 11) is 0. The molecule has 2 rings (SSSR count). The second kappa shape index (κ2) is 5.74. The van der Waals surface area contributed by atoms with Crippen molar-refractivity contribution in [3.8, 4) is 0 Å². The molecular formula is C14H13BrF2O. The first kappa shape index (κ1) is 13.4. The fraction of sp³-hybridized carbons (Fsp3) is 0.357. The maximum atomic E-state index is 13.8. The van der Waals surface area contributed by atoms with Crippen molar-refractivity contribution >= 4 is 21.7 Å². The number of carbonyl (C=O) groups is 1. The average Bonchev–Trinajstić information content (AvgIpc) is 2.63. The van der Waals surface area contributed by atoms with Crippen LogP contribution in [0.15, 0.2) is 28.3 Å². The smallest absolute Gasteiger partial charge is 0.194 e. The molecule has 0 atom stereocenters. The molecule has 4 heteroatoms. The van der Waals surface area contributed by atoms with E-state index in [-0.39, 0.29) is 4.47 Å². The summed E-state index contributed by atoms with van der Waals surface area (Å²) < 4.78 is 27.6. The first-order valence-electron chi connectivity index (χ1n) is 5.98. The monoisotopic (exact) mass is 314 g/mol. The summed E-state index contributed by atoms with van der Waals surface area (Å²) in [5.74, 6) is -2.14. The van der Waals surface area contributed by atoms with Gasteiger partial charge >= 0.3 is 0 Å². The number of hydrogen-bond donors (Lipinski definition) is 0. The van der Waals surface area contributed by atoms with E-state index in [9.17, 15) is 13.6 Å². The predicted octanol–water partition coefficient (Wildman–Crippen LogP) is 4.80. The molecule has 0 aliphatic heterocycles. The molecular weight excluding hydrogens is 302 g/mol. The van der Waals surface area contributed by atoms with Crippen molar-refractivity contribution in [1.82, 2.24) is 0 Å². The summed E-state index contributed by atoms with van der Waals surface area (Å²) >= 11 is 2.97. The highest BCUT2D eigenvalue weighted by Crippen LogP contribution is 2.27. The molecule has 96 valence electrons. The third-order valence-corrected chi connectivity index (χ3v) is 3.72. The molecule has 1 aromatic carbocycles. The Morgan fingerprint density at radius 3 is 2.72 bits per heavy atom. The number of allylic oxidation sites excluding steroid dienone is 2. The molecule has 1 aliphatic carbocycles. The number of hydrogen-bond acceptors (Lipinski definition) is 1. The van der Waals surface area contributed by atoms with Crippen LogP contribution in [0.4, 0.5) is 8.78 Å². The lowest BCUT2D eigenvalue weighted by Gasteiger charge is -2.08. The maximum absolute atomic E-state index is 13.8. The quantitative estimate of drug-likeness (QED) is 0.566. The minimum absolute atomic E-state index is 0.112. The maximum Gasteiger partial charge on any atom is 0.194 e. The Bertz CT molecular complexity index is 509. The SMILES string of the molecule is O=C(C1=CCCCCC1)c1c(F)ccc(Br)c1F. The van der Waals surface area contributed by atoms with E-state index < -0.39 is 23.0 Å². The van der Waals surface area contributed by atoms with Gasteiger partial charge in [0.1, 0.15) is 5.82 Å². The van der Waals surface area contributed by atoms with E-state index in [2.05, 4.69) is 15.9 Å². The minimum atomic E-state index is -0.815. The molecule has 0 bridgehead atoms. The van der Waals surface area contributed by atoms with Crippen molar-refractivity contribution in [2.75, 3.05) is 0 Å². The van der Waals surface area contributed by atoms with Crippen LogP contribution in [0.1, 0.15) is 42.5 Å². The van der Waals surface area contributed by atoms with Crippen LogP contribution in [-0.4, -0.2) is 5.78 Å². The second-order valence-electron chi connectivity index (χ2n) is 4.38. The minimum Gasteiger partial charge on any atom is -0.289 e. The molecule has 1 aliphatic rings. The summed E-state index contributed by atoms with van der Waals surface area (Å²) in [6, 6.07) is 2.38. The lowest BCUT2D eigenvalue weighted by Crippen LogP contribution is -2.09. The standard InChI is InChI=1S/C14H13BrF2O/c15-10-7-8-11(16)12(13(10)17)14(18)9-5-3-1-2-4-6-9/h5,7-8H,1-4,6H2. The number of halogens is 3. The van der Waals surface area contributed by atoms with Crippen LogP contribution in [-0.2, 0) is 0 Å². The largest absolute Gasteiger partial charge is 0.289 e. The van der Waals surface area contributed by atoms with Gasteiger partial charge in [-0.1, -0.05) is 12.5 Å². The lowest BCUT2D eigenvalue weighted by atomic mass is 9.99. The molecule has 0 heterocycles. The summed E-state index contributed by atoms with van der Waals surface area (Å²) in [6.45, 7) is 0. The molecule has 0 radical (unpaired) electrons. The molecule has 0 N–H and O–H groups in total. The van der Waals surface area contributed by atoms with Gasteiger partial charge in [0.25, 0.3) is 0 Å². The van der Waals surface area contributed by atoms with Gasteiger partial charge in [0.2, 0.25) is 0 Å². The Morgan fingerprint density at radius 1 is 1.17 bits per heavy atom. The summed E-state index contributed by atoms with van der Waals surface area (Å²) in [5.41, 5.74) is 0.0842. The van der Waals surface area contributed by atoms with E-state index in [0.717, 1.165) is 31.7 Å². The van der Waals surface area contributed by atoms with E-state index in [1.807, 2.05) is 6.08 Å². The van der Waals surface area contributed by atoms with Gasteiger partial charge in [0.05, 0.1) is 10.0 Å². The van der Waals surface area contributed by atoms with Crippen molar-refractivity contribution in [2.24, 2.45) is 0 Å². The molecule has 0 unspecified atom stereocenters. The van der Waals surface area contributed by atoms with Crippen LogP contribution >= 0.6 is 15.9 Å². The topological polar surface area (TPSA) is 17.1 Å². The van der Waals surface area contributed by atoms with E-state index in [0.29, 0.717) is 12.0 Å². The number of carbonyl (C=O) groups excluding carboxylic acids is 1. The van der Waals surface area contributed by atoms with Crippen LogP contribution in [0.25, 0.3) is 0 Å². The molecule has 0 saturated heterocycles. The third kappa shape index (κ3) is 2.69. The first-order chi connectivity index (χ1) is 8.61. The Kier molecular flexibility index (Phi) is 4.27. The highest BCUT2D eigenvalue weighted by atomic mass is 79.9. The Balaban J connectivity index is 2.39. The molecule has 1 aromatic rings. The van der Waals surface area contributed by atoms with Gasteiger partial charge in [-0.3, -0.25) is 4.79 Å². The van der Waals surface area contributed by atoms with Crippen molar-refractivity contribution < 1.29 is 13.6 Å². The first-order valence-corrected chi connectivity index (χ1v) is 6.78. The fourth-order valence-electron chi connectivity index (χ4n) is 2.12. The number of rotatable bonds is 2. The van der Waals surface area contributed by atoms with Crippen LogP contribution in [0.5, 0.6) is 0 Å². The Morgan fingerprint density at radius 2 is 1.94 bits per heavy atom. The van der Waals surface area contributed by atoms with Crippen molar-refractivity contribution in [3.63, 3.8) is 0 Å². The molecule has 0 aromatic heterocycles. The van der Waals surface area contributed by atoms with Gasteiger partial charge in [-0.25, -0.2) is 8.78 Å². The van der Waals surface area contributed by atoms with E-state index >= 15 is 0 Å². The Hall–Kier alpha value is -1.03. The molecule has 0 amide bonds. The van der Waals surface area contributed by atoms with Crippen LogP contribution < -0.4 is 0 Å². The van der Waals surface area contributed by atoms with Crippen molar-refractivity contribution in [1.29, 1.82) is 0 Å². The van der Waals surface area contributed by atoms with Gasteiger partial charge in [-0.15, -0.1) is 0 Å². The van der Waals surface area contributed by atoms with Gasteiger partial charge in [0.15, 0.2) is 11.6 Å². The van der Waals surface area contributed by atoms with Gasteiger partial charge in [0, 0.05) is 0 Å². The average molecular weight is 315 g/mol. The predicted molar refractivity (Wildman–Crippen MR) is 69.6 cm³/mol. The van der Waals surface area contributed by atoms with Crippen LogP contribution in [0.3, 0.4) is 0 Å². The van der Waals surface area contributed by atoms with Crippen molar-refractivity contribution in [2.45, 2.75) is 32.1 Å². The van der Waals surface area contributed by atoms with Crippen LogP contribution in [0.2, 0.25) is 0 Å². The zero-order valence-corrected chi connectivity index (χ0v) is 11.4. The molecule has 0 saturated carbocycles. The summed E-state index contributed by atoms with van der Waals surface area (Å²) in [5, 5.41) is 0. The lowest BCUT2D eigenvalue weighted by molar-refractivity contribution is 0.102. The molecule has 18 heavy (non-hydrogen) atoms. The number of ketones is 1. The second-order valence-corrected chi connectivity index (χ2v) is 5.23. The van der Waals surface area contributed by atoms with Crippen LogP contribution in [0, 0.1) is 11.6 Å². The van der Waals surface area contributed by atoms with E-state index in [1.54, 1.807) is 0 Å². The van der Waals surface area contributed by atoms with Crippen molar-refractivity contribution in [3.05, 3.63) is 45.5 Å². The molecule has 0 spiro atoms. The highest BCUT2D eigenvalue weighted by Gasteiger charge is 2.22. The zero-order chi connectivity index (χ0) is 13.1. The highest BCUT2D eigenvalue weighted by molar-refractivity contribution is 9.10. The molecule has 0 fully saturated rings. The number of benzene rings is 1. The Labute approximate surface area is 113 Å². The zero-order valence-electron chi connectivity index (χ0n) is 9.81. The molecule has 1 nitrogen and oxygen atoms in total. The van der Waals surface area contributed by atoms with Gasteiger partial charge in [-0.05, 0) is 59.3 Å². The third-order valence-electron chi connectivity index (χ3n) is 3.10. The van der Waals surface area contributed by atoms with E-state index in [4.69, 9.17) is 0 Å². The fourth-order valence-corrected chi connectivity index (χ4v) is 2.45.